The minimum Gasteiger partial charge on any atom is -0.383 e. The minimum atomic E-state index is 0.0497. The molecule has 0 bridgehead atoms. The summed E-state index contributed by atoms with van der Waals surface area (Å²) in [4.78, 5) is 6.87. The van der Waals surface area contributed by atoms with E-state index in [1.165, 1.54) is 29.8 Å². The van der Waals surface area contributed by atoms with E-state index >= 15 is 0 Å². The fourth-order valence-electron chi connectivity index (χ4n) is 4.17. The zero-order chi connectivity index (χ0) is 18.3. The molecule has 4 rings (SSSR count). The number of hydrogen-bond acceptors (Lipinski definition) is 3. The van der Waals surface area contributed by atoms with Crippen LogP contribution in [0.15, 0.2) is 30.5 Å². The summed E-state index contributed by atoms with van der Waals surface area (Å²) < 4.78 is 7.84. The van der Waals surface area contributed by atoms with Crippen LogP contribution in [0.2, 0.25) is 0 Å². The molecule has 2 atom stereocenters. The lowest BCUT2D eigenvalue weighted by Crippen LogP contribution is -2.32. The van der Waals surface area contributed by atoms with Crippen molar-refractivity contribution >= 4 is 17.3 Å². The Morgan fingerprint density at radius 2 is 2.12 bits per heavy atom. The predicted molar refractivity (Wildman–Crippen MR) is 106 cm³/mol. The van der Waals surface area contributed by atoms with Gasteiger partial charge in [-0.2, -0.15) is 0 Å². The molecule has 0 amide bonds. The maximum atomic E-state index is 5.68. The zero-order valence-electron chi connectivity index (χ0n) is 15.6. The van der Waals surface area contributed by atoms with Gasteiger partial charge in [0.25, 0.3) is 0 Å². The quantitative estimate of drug-likeness (QED) is 0.789. The van der Waals surface area contributed by atoms with Crippen molar-refractivity contribution in [1.82, 2.24) is 19.8 Å². The summed E-state index contributed by atoms with van der Waals surface area (Å²) in [5, 5.41) is 4.29. The monoisotopic (exact) mass is 370 g/mol. The second kappa shape index (κ2) is 7.00. The van der Waals surface area contributed by atoms with E-state index in [4.69, 9.17) is 17.0 Å². The summed E-state index contributed by atoms with van der Waals surface area (Å²) in [6.07, 6.45) is 4.42. The van der Waals surface area contributed by atoms with Crippen LogP contribution >= 0.6 is 12.2 Å². The van der Waals surface area contributed by atoms with Crippen LogP contribution < -0.4 is 5.32 Å². The first kappa shape index (κ1) is 17.5. The molecule has 3 heterocycles. The van der Waals surface area contributed by atoms with Gasteiger partial charge in [0, 0.05) is 37.3 Å². The number of aromatic nitrogens is 2. The standard InChI is InChI=1S/C20H26N4OS/c1-13-12-16(14(2)24(13)15-7-8-15)19-18(17-6-4-5-9-21-17)22-20(26)23(19)10-11-25-3/h4-6,9,12,15,18-19H,7-8,10-11H2,1-3H3,(H,22,26)/t18-,19-/m1/s1. The first-order chi connectivity index (χ1) is 12.6. The Bertz CT molecular complexity index is 800. The molecular weight excluding hydrogens is 344 g/mol. The maximum absolute atomic E-state index is 5.68. The van der Waals surface area contributed by atoms with Crippen LogP contribution in [0, 0.1) is 13.8 Å². The highest BCUT2D eigenvalue weighted by Gasteiger charge is 2.41. The Balaban J connectivity index is 1.76. The zero-order valence-corrected chi connectivity index (χ0v) is 16.4. The molecule has 1 saturated heterocycles. The molecule has 0 unspecified atom stereocenters. The largest absolute Gasteiger partial charge is 0.383 e. The summed E-state index contributed by atoms with van der Waals surface area (Å²) in [6, 6.07) is 9.26. The number of rotatable bonds is 6. The summed E-state index contributed by atoms with van der Waals surface area (Å²) in [7, 11) is 1.73. The molecular formula is C20H26N4OS. The number of ether oxygens (including phenoxy) is 1. The van der Waals surface area contributed by atoms with Crippen LogP contribution in [0.1, 0.15) is 53.6 Å². The van der Waals surface area contributed by atoms with Gasteiger partial charge in [-0.3, -0.25) is 4.98 Å². The van der Waals surface area contributed by atoms with E-state index in [0.717, 1.165) is 17.4 Å². The van der Waals surface area contributed by atoms with Crippen molar-refractivity contribution in [3.05, 3.63) is 53.1 Å². The Kier molecular flexibility index (Phi) is 4.71. The molecule has 1 N–H and O–H groups in total. The first-order valence-corrected chi connectivity index (χ1v) is 9.68. The highest BCUT2D eigenvalue weighted by Crippen LogP contribution is 2.44. The molecule has 2 aromatic heterocycles. The second-order valence-corrected chi connectivity index (χ2v) is 7.63. The predicted octanol–water partition coefficient (Wildman–Crippen LogP) is 3.45. The van der Waals surface area contributed by atoms with Crippen molar-refractivity contribution in [3.63, 3.8) is 0 Å². The Labute approximate surface area is 160 Å². The van der Waals surface area contributed by atoms with Crippen molar-refractivity contribution in [2.45, 2.75) is 44.8 Å². The van der Waals surface area contributed by atoms with E-state index in [1.807, 2.05) is 18.3 Å². The van der Waals surface area contributed by atoms with Crippen LogP contribution in [-0.2, 0) is 4.74 Å². The van der Waals surface area contributed by atoms with Gasteiger partial charge in [0.1, 0.15) is 0 Å². The summed E-state index contributed by atoms with van der Waals surface area (Å²) in [5.41, 5.74) is 5.05. The van der Waals surface area contributed by atoms with Crippen molar-refractivity contribution in [2.75, 3.05) is 20.3 Å². The molecule has 1 aliphatic carbocycles. The molecule has 2 aromatic rings. The molecule has 0 radical (unpaired) electrons. The third-order valence-electron chi connectivity index (χ3n) is 5.49. The molecule has 6 heteroatoms. The first-order valence-electron chi connectivity index (χ1n) is 9.27. The van der Waals surface area contributed by atoms with Gasteiger partial charge in [-0.1, -0.05) is 6.07 Å². The molecule has 26 heavy (non-hydrogen) atoms. The van der Waals surface area contributed by atoms with Gasteiger partial charge in [0.2, 0.25) is 0 Å². The molecule has 138 valence electrons. The summed E-state index contributed by atoms with van der Waals surface area (Å²) >= 11 is 5.68. The average molecular weight is 371 g/mol. The van der Waals surface area contributed by atoms with Crippen molar-refractivity contribution in [2.24, 2.45) is 0 Å². The van der Waals surface area contributed by atoms with Gasteiger partial charge in [-0.25, -0.2) is 0 Å². The van der Waals surface area contributed by atoms with Crippen molar-refractivity contribution in [1.29, 1.82) is 0 Å². The van der Waals surface area contributed by atoms with Crippen LogP contribution in [0.5, 0.6) is 0 Å². The highest BCUT2D eigenvalue weighted by molar-refractivity contribution is 7.80. The SMILES string of the molecule is COCCN1C(=S)N[C@H](c2ccccn2)[C@H]1c1cc(C)n(C2CC2)c1C. The molecule has 5 nitrogen and oxygen atoms in total. The number of nitrogens with zero attached hydrogens (tertiary/aromatic N) is 3. The lowest BCUT2D eigenvalue weighted by atomic mass is 9.97. The van der Waals surface area contributed by atoms with Gasteiger partial charge >= 0.3 is 0 Å². The molecule has 2 fully saturated rings. The van der Waals surface area contributed by atoms with Crippen LogP contribution in [0.4, 0.5) is 0 Å². The average Bonchev–Trinajstić information content (AvgIpc) is 3.36. The number of methoxy groups -OCH3 is 1. The topological polar surface area (TPSA) is 42.3 Å². The normalized spacial score (nSPS) is 22.7. The van der Waals surface area contributed by atoms with Gasteiger partial charge < -0.3 is 19.5 Å². The lowest BCUT2D eigenvalue weighted by Gasteiger charge is -2.28. The minimum absolute atomic E-state index is 0.0497. The smallest absolute Gasteiger partial charge is 0.170 e. The van der Waals surface area contributed by atoms with Crippen molar-refractivity contribution in [3.8, 4) is 0 Å². The van der Waals surface area contributed by atoms with Crippen LogP contribution in [0.25, 0.3) is 0 Å². The lowest BCUT2D eigenvalue weighted by molar-refractivity contribution is 0.164. The van der Waals surface area contributed by atoms with Gasteiger partial charge in [-0.05, 0) is 62.7 Å². The fraction of sp³-hybridized carbons (Fsp3) is 0.500. The number of nitrogens with one attached hydrogen (secondary N) is 1. The number of aryl methyl sites for hydroxylation is 1. The van der Waals surface area contributed by atoms with E-state index < -0.39 is 0 Å². The molecule has 1 saturated carbocycles. The van der Waals surface area contributed by atoms with Crippen LogP contribution in [-0.4, -0.2) is 39.8 Å². The van der Waals surface area contributed by atoms with E-state index in [1.54, 1.807) is 7.11 Å². The Hall–Kier alpha value is -1.92. The van der Waals surface area contributed by atoms with Crippen LogP contribution in [0.3, 0.4) is 0 Å². The van der Waals surface area contributed by atoms with Crippen molar-refractivity contribution < 1.29 is 4.74 Å². The number of thiocarbonyl (C=S) groups is 1. The van der Waals surface area contributed by atoms with E-state index in [0.29, 0.717) is 12.6 Å². The molecule has 2 aliphatic rings. The van der Waals surface area contributed by atoms with E-state index in [9.17, 15) is 0 Å². The molecule has 1 aliphatic heterocycles. The number of pyridine rings is 1. The van der Waals surface area contributed by atoms with E-state index in [2.05, 4.69) is 45.7 Å². The molecule has 0 aromatic carbocycles. The third-order valence-corrected chi connectivity index (χ3v) is 5.84. The van der Waals surface area contributed by atoms with Gasteiger partial charge in [-0.15, -0.1) is 0 Å². The second-order valence-electron chi connectivity index (χ2n) is 7.24. The van der Waals surface area contributed by atoms with E-state index in [-0.39, 0.29) is 12.1 Å². The number of hydrogen-bond donors (Lipinski definition) is 1. The Morgan fingerprint density at radius 1 is 1.31 bits per heavy atom. The fourth-order valence-corrected chi connectivity index (χ4v) is 4.50. The highest BCUT2D eigenvalue weighted by atomic mass is 32.1. The van der Waals surface area contributed by atoms with Gasteiger partial charge in [0.15, 0.2) is 5.11 Å². The summed E-state index contributed by atoms with van der Waals surface area (Å²) in [6.45, 7) is 5.87. The molecule has 0 spiro atoms. The third kappa shape index (κ3) is 3.01. The Morgan fingerprint density at radius 3 is 2.77 bits per heavy atom. The van der Waals surface area contributed by atoms with Gasteiger partial charge in [0.05, 0.1) is 24.4 Å². The maximum Gasteiger partial charge on any atom is 0.170 e. The summed E-state index contributed by atoms with van der Waals surface area (Å²) in [5.74, 6) is 0.